The molecule has 1 saturated carbocycles. The zero-order valence-corrected chi connectivity index (χ0v) is 16.5. The highest BCUT2D eigenvalue weighted by atomic mass is 32.2. The van der Waals surface area contributed by atoms with Gasteiger partial charge in [-0.05, 0) is 49.8 Å². The molecule has 0 unspecified atom stereocenters. The van der Waals surface area contributed by atoms with Crippen LogP contribution in [-0.2, 0) is 4.79 Å². The van der Waals surface area contributed by atoms with Crippen LogP contribution in [0, 0.1) is 5.92 Å². The number of fused-ring (bicyclic) bond motifs is 2. The van der Waals surface area contributed by atoms with Crippen LogP contribution in [0.5, 0.6) is 11.5 Å². The fourth-order valence-corrected chi connectivity index (χ4v) is 5.20. The van der Waals surface area contributed by atoms with Crippen LogP contribution < -0.4 is 9.47 Å². The third-order valence-electron chi connectivity index (χ3n) is 5.91. The summed E-state index contributed by atoms with van der Waals surface area (Å²) in [5, 5.41) is 8.61. The first-order valence-corrected chi connectivity index (χ1v) is 10.9. The summed E-state index contributed by atoms with van der Waals surface area (Å²) in [4.78, 5) is 14.9. The fraction of sp³-hybridized carbons (Fsp3) is 0.550. The van der Waals surface area contributed by atoms with E-state index in [4.69, 9.17) is 13.9 Å². The molecule has 3 aliphatic rings. The molecule has 2 atom stereocenters. The number of ether oxygens (including phenoxy) is 2. The molecular weight excluding hydrogens is 378 g/mol. The van der Waals surface area contributed by atoms with Crippen LogP contribution in [0.25, 0.3) is 11.5 Å². The van der Waals surface area contributed by atoms with E-state index in [1.54, 1.807) is 0 Å². The van der Waals surface area contributed by atoms with E-state index < -0.39 is 0 Å². The van der Waals surface area contributed by atoms with E-state index in [-0.39, 0.29) is 12.7 Å². The van der Waals surface area contributed by atoms with Crippen LogP contribution >= 0.6 is 11.8 Å². The van der Waals surface area contributed by atoms with Gasteiger partial charge in [0.1, 0.15) is 0 Å². The molecule has 0 bridgehead atoms. The molecule has 8 heteroatoms. The Morgan fingerprint density at radius 2 is 1.96 bits per heavy atom. The number of thioether (sulfide) groups is 1. The number of carbonyl (C=O) groups excluding carboxylic acids is 1. The summed E-state index contributed by atoms with van der Waals surface area (Å²) in [5.41, 5.74) is 0.774. The minimum absolute atomic E-state index is 0.185. The number of rotatable bonds is 4. The number of aromatic nitrogens is 2. The van der Waals surface area contributed by atoms with E-state index in [1.165, 1.54) is 37.4 Å². The molecule has 1 saturated heterocycles. The smallest absolute Gasteiger partial charge is 0.277 e. The normalized spacial score (nSPS) is 23.5. The second kappa shape index (κ2) is 7.66. The molecule has 2 aliphatic heterocycles. The first-order valence-electron chi connectivity index (χ1n) is 9.94. The Labute approximate surface area is 167 Å². The van der Waals surface area contributed by atoms with Crippen LogP contribution in [-0.4, -0.2) is 46.1 Å². The first-order chi connectivity index (χ1) is 13.8. The lowest BCUT2D eigenvalue weighted by molar-refractivity contribution is -0.134. The van der Waals surface area contributed by atoms with Gasteiger partial charge in [0.05, 0.1) is 5.75 Å². The molecule has 148 valence electrons. The van der Waals surface area contributed by atoms with E-state index in [0.29, 0.717) is 40.3 Å². The molecule has 0 N–H and O–H groups in total. The van der Waals surface area contributed by atoms with Gasteiger partial charge in [0.15, 0.2) is 11.5 Å². The van der Waals surface area contributed by atoms with Gasteiger partial charge in [-0.15, -0.1) is 10.2 Å². The molecule has 1 aromatic heterocycles. The summed E-state index contributed by atoms with van der Waals surface area (Å²) in [7, 11) is 0. The van der Waals surface area contributed by atoms with E-state index in [2.05, 4.69) is 15.1 Å². The largest absolute Gasteiger partial charge is 0.454 e. The topological polar surface area (TPSA) is 77.7 Å². The third kappa shape index (κ3) is 3.45. The molecule has 0 spiro atoms. The Balaban J connectivity index is 1.22. The molecule has 0 radical (unpaired) electrons. The molecule has 2 aromatic rings. The Hall–Kier alpha value is -2.22. The average molecular weight is 401 g/mol. The van der Waals surface area contributed by atoms with Crippen LogP contribution in [0.2, 0.25) is 0 Å². The van der Waals surface area contributed by atoms with Crippen molar-refractivity contribution in [2.75, 3.05) is 19.1 Å². The maximum atomic E-state index is 12.8. The number of hydrogen-bond donors (Lipinski definition) is 0. The number of likely N-dealkylation sites (tertiary alicyclic amines) is 1. The summed E-state index contributed by atoms with van der Waals surface area (Å²) in [6.07, 6.45) is 7.35. The quantitative estimate of drug-likeness (QED) is 0.722. The van der Waals surface area contributed by atoms with Crippen molar-refractivity contribution in [3.05, 3.63) is 18.2 Å². The van der Waals surface area contributed by atoms with Gasteiger partial charge in [-0.3, -0.25) is 4.79 Å². The molecule has 1 amide bonds. The first kappa shape index (κ1) is 17.8. The van der Waals surface area contributed by atoms with Crippen molar-refractivity contribution in [1.82, 2.24) is 15.1 Å². The highest BCUT2D eigenvalue weighted by Gasteiger charge is 2.35. The third-order valence-corrected chi connectivity index (χ3v) is 6.71. The second-order valence-electron chi connectivity index (χ2n) is 7.57. The van der Waals surface area contributed by atoms with Crippen molar-refractivity contribution in [2.45, 2.75) is 49.8 Å². The zero-order chi connectivity index (χ0) is 18.9. The van der Waals surface area contributed by atoms with Crippen molar-refractivity contribution in [2.24, 2.45) is 5.92 Å². The molecule has 3 heterocycles. The second-order valence-corrected chi connectivity index (χ2v) is 8.50. The van der Waals surface area contributed by atoms with Gasteiger partial charge in [-0.2, -0.15) is 0 Å². The van der Waals surface area contributed by atoms with Crippen LogP contribution in [0.15, 0.2) is 27.8 Å². The van der Waals surface area contributed by atoms with Crippen molar-refractivity contribution >= 4 is 17.7 Å². The maximum Gasteiger partial charge on any atom is 0.277 e. The van der Waals surface area contributed by atoms with E-state index in [9.17, 15) is 4.79 Å². The number of nitrogens with zero attached hydrogens (tertiary/aromatic N) is 3. The number of piperidine rings is 1. The molecule has 7 nitrogen and oxygen atoms in total. The minimum atomic E-state index is 0.185. The minimum Gasteiger partial charge on any atom is -0.454 e. The zero-order valence-electron chi connectivity index (χ0n) is 15.6. The molecule has 1 aromatic carbocycles. The lowest BCUT2D eigenvalue weighted by Crippen LogP contribution is -2.50. The van der Waals surface area contributed by atoms with Gasteiger partial charge >= 0.3 is 0 Å². The Kier molecular flexibility index (Phi) is 4.88. The summed E-state index contributed by atoms with van der Waals surface area (Å²) in [6.45, 7) is 1.11. The standard InChI is InChI=1S/C20H23N3O4S/c24-18(23-9-3-5-13-4-1-2-6-15(13)23)11-28-20-22-21-19(27-20)14-7-8-16-17(10-14)26-12-25-16/h7-8,10,13,15H,1-6,9,11-12H2/t13-,15+/m0/s1. The fourth-order valence-electron chi connectivity index (χ4n) is 4.56. The van der Waals surface area contributed by atoms with Crippen LogP contribution in [0.1, 0.15) is 38.5 Å². The van der Waals surface area contributed by atoms with Crippen molar-refractivity contribution in [3.8, 4) is 23.0 Å². The monoisotopic (exact) mass is 401 g/mol. The van der Waals surface area contributed by atoms with Crippen molar-refractivity contribution in [3.63, 3.8) is 0 Å². The number of benzene rings is 1. The van der Waals surface area contributed by atoms with Crippen LogP contribution in [0.4, 0.5) is 0 Å². The number of hydrogen-bond acceptors (Lipinski definition) is 7. The molecule has 2 fully saturated rings. The van der Waals surface area contributed by atoms with Crippen molar-refractivity contribution in [1.29, 1.82) is 0 Å². The highest BCUT2D eigenvalue weighted by molar-refractivity contribution is 7.99. The predicted molar refractivity (Wildman–Crippen MR) is 103 cm³/mol. The molecular formula is C20H23N3O4S. The Morgan fingerprint density at radius 3 is 2.93 bits per heavy atom. The van der Waals surface area contributed by atoms with E-state index >= 15 is 0 Å². The van der Waals surface area contributed by atoms with Gasteiger partial charge in [0, 0.05) is 18.2 Å². The highest BCUT2D eigenvalue weighted by Crippen LogP contribution is 2.37. The average Bonchev–Trinajstić information content (AvgIpc) is 3.40. The lowest BCUT2D eigenvalue weighted by atomic mass is 9.78. The van der Waals surface area contributed by atoms with Gasteiger partial charge in [0.2, 0.25) is 18.6 Å². The summed E-state index contributed by atoms with van der Waals surface area (Å²) in [5.74, 6) is 3.02. The summed E-state index contributed by atoms with van der Waals surface area (Å²) < 4.78 is 16.5. The predicted octanol–water partition coefficient (Wildman–Crippen LogP) is 3.74. The van der Waals surface area contributed by atoms with Gasteiger partial charge in [0.25, 0.3) is 5.22 Å². The summed E-state index contributed by atoms with van der Waals surface area (Å²) in [6, 6.07) is 5.95. The van der Waals surface area contributed by atoms with Gasteiger partial charge < -0.3 is 18.8 Å². The van der Waals surface area contributed by atoms with Gasteiger partial charge in [-0.1, -0.05) is 24.6 Å². The van der Waals surface area contributed by atoms with E-state index in [1.807, 2.05) is 18.2 Å². The summed E-state index contributed by atoms with van der Waals surface area (Å²) >= 11 is 1.32. The maximum absolute atomic E-state index is 12.8. The number of amides is 1. The lowest BCUT2D eigenvalue weighted by Gasteiger charge is -2.44. The van der Waals surface area contributed by atoms with E-state index in [0.717, 1.165) is 24.9 Å². The van der Waals surface area contributed by atoms with Crippen LogP contribution in [0.3, 0.4) is 0 Å². The molecule has 1 aliphatic carbocycles. The Bertz CT molecular complexity index is 869. The Morgan fingerprint density at radius 1 is 1.11 bits per heavy atom. The van der Waals surface area contributed by atoms with Gasteiger partial charge in [-0.25, -0.2) is 0 Å². The SMILES string of the molecule is O=C(CSc1nnc(-c2ccc3c(c2)OCO3)o1)N1CCC[C@@H]2CCCC[C@H]21. The molecule has 28 heavy (non-hydrogen) atoms. The molecule has 5 rings (SSSR count). The number of carbonyl (C=O) groups is 1. The van der Waals surface area contributed by atoms with Crippen molar-refractivity contribution < 1.29 is 18.7 Å².